The predicted octanol–water partition coefficient (Wildman–Crippen LogP) is 2.35. The van der Waals surface area contributed by atoms with Gasteiger partial charge in [0.05, 0.1) is 12.3 Å². The lowest BCUT2D eigenvalue weighted by atomic mass is 10.0. The number of furan rings is 1. The lowest BCUT2D eigenvalue weighted by molar-refractivity contribution is 0.108. The van der Waals surface area contributed by atoms with Crippen molar-refractivity contribution in [1.29, 1.82) is 0 Å². The van der Waals surface area contributed by atoms with Crippen molar-refractivity contribution >= 4 is 0 Å². The van der Waals surface area contributed by atoms with Crippen LogP contribution in [0.15, 0.2) is 47.1 Å². The Hall–Kier alpha value is -2.51. The van der Waals surface area contributed by atoms with E-state index in [1.165, 1.54) is 11.1 Å². The van der Waals surface area contributed by atoms with Gasteiger partial charge in [0, 0.05) is 26.2 Å². The van der Waals surface area contributed by atoms with Crippen molar-refractivity contribution in [2.24, 2.45) is 0 Å². The van der Waals surface area contributed by atoms with Crippen molar-refractivity contribution in [2.75, 3.05) is 32.7 Å². The zero-order valence-electron chi connectivity index (χ0n) is 16.0. The minimum absolute atomic E-state index is 0.0366. The molecule has 7 heteroatoms. The van der Waals surface area contributed by atoms with E-state index in [9.17, 15) is 0 Å². The van der Waals surface area contributed by atoms with E-state index in [4.69, 9.17) is 4.42 Å². The van der Waals surface area contributed by atoms with Gasteiger partial charge in [-0.25, -0.2) is 4.68 Å². The highest BCUT2D eigenvalue weighted by Gasteiger charge is 2.30. The molecule has 3 aromatic rings. The normalized spacial score (nSPS) is 17.3. The number of piperazine rings is 1. The van der Waals surface area contributed by atoms with E-state index < -0.39 is 0 Å². The summed E-state index contributed by atoms with van der Waals surface area (Å²) >= 11 is 0. The first kappa shape index (κ1) is 17.9. The van der Waals surface area contributed by atoms with Gasteiger partial charge in [-0.15, -0.1) is 5.10 Å². The van der Waals surface area contributed by atoms with Gasteiger partial charge in [0.1, 0.15) is 12.3 Å². The van der Waals surface area contributed by atoms with E-state index in [2.05, 4.69) is 63.4 Å². The van der Waals surface area contributed by atoms with Gasteiger partial charge in [-0.3, -0.25) is 4.90 Å². The van der Waals surface area contributed by atoms with Crippen LogP contribution in [0.1, 0.15) is 35.7 Å². The van der Waals surface area contributed by atoms with Crippen LogP contribution in [-0.4, -0.2) is 62.7 Å². The summed E-state index contributed by atoms with van der Waals surface area (Å²) in [5.74, 6) is 1.71. The molecular formula is C20H26N6O. The standard InChI is InChI=1S/C20H26N6O/c1-3-24-10-12-25(13-11-24)19(17-8-6-16(2)7-9-17)20-21-22-23-26(20)15-18-5-4-14-27-18/h4-9,14,19H,3,10-13,15H2,1-2H3/t19-/m1/s1. The lowest BCUT2D eigenvalue weighted by Gasteiger charge is -2.38. The largest absolute Gasteiger partial charge is 0.467 e. The second-order valence-corrected chi connectivity index (χ2v) is 7.06. The molecule has 0 spiro atoms. The average Bonchev–Trinajstić information content (AvgIpc) is 3.37. The van der Waals surface area contributed by atoms with E-state index in [0.717, 1.165) is 44.3 Å². The first-order valence-corrected chi connectivity index (χ1v) is 9.56. The summed E-state index contributed by atoms with van der Waals surface area (Å²) in [6.07, 6.45) is 1.68. The fraction of sp³-hybridized carbons (Fsp3) is 0.450. The molecule has 2 aromatic heterocycles. The molecule has 1 aromatic carbocycles. The molecule has 1 saturated heterocycles. The van der Waals surface area contributed by atoms with Gasteiger partial charge in [0.25, 0.3) is 0 Å². The molecule has 142 valence electrons. The zero-order valence-corrected chi connectivity index (χ0v) is 16.0. The Morgan fingerprint density at radius 1 is 1.07 bits per heavy atom. The molecule has 0 aliphatic carbocycles. The second-order valence-electron chi connectivity index (χ2n) is 7.06. The first-order chi connectivity index (χ1) is 13.2. The summed E-state index contributed by atoms with van der Waals surface area (Å²) < 4.78 is 7.36. The third-order valence-electron chi connectivity index (χ3n) is 5.30. The van der Waals surface area contributed by atoms with Gasteiger partial charge in [-0.2, -0.15) is 0 Å². The lowest BCUT2D eigenvalue weighted by Crippen LogP contribution is -2.48. The third kappa shape index (κ3) is 3.94. The van der Waals surface area contributed by atoms with Gasteiger partial charge in [0.15, 0.2) is 5.82 Å². The molecule has 27 heavy (non-hydrogen) atoms. The predicted molar refractivity (Wildman–Crippen MR) is 102 cm³/mol. The van der Waals surface area contributed by atoms with E-state index in [1.54, 1.807) is 6.26 Å². The maximum atomic E-state index is 5.50. The van der Waals surface area contributed by atoms with Gasteiger partial charge < -0.3 is 9.32 Å². The van der Waals surface area contributed by atoms with Crippen LogP contribution >= 0.6 is 0 Å². The van der Waals surface area contributed by atoms with Crippen LogP contribution in [0.2, 0.25) is 0 Å². The number of tetrazole rings is 1. The molecule has 1 aliphatic heterocycles. The Morgan fingerprint density at radius 3 is 2.52 bits per heavy atom. The highest BCUT2D eigenvalue weighted by molar-refractivity contribution is 5.28. The number of hydrogen-bond donors (Lipinski definition) is 0. The number of hydrogen-bond acceptors (Lipinski definition) is 6. The molecule has 0 N–H and O–H groups in total. The monoisotopic (exact) mass is 366 g/mol. The third-order valence-corrected chi connectivity index (χ3v) is 5.30. The molecule has 0 amide bonds. The minimum Gasteiger partial charge on any atom is -0.467 e. The fourth-order valence-corrected chi connectivity index (χ4v) is 3.68. The van der Waals surface area contributed by atoms with Gasteiger partial charge >= 0.3 is 0 Å². The first-order valence-electron chi connectivity index (χ1n) is 9.56. The van der Waals surface area contributed by atoms with Crippen LogP contribution in [-0.2, 0) is 6.54 Å². The highest BCUT2D eigenvalue weighted by atomic mass is 16.3. The van der Waals surface area contributed by atoms with Crippen LogP contribution in [0.3, 0.4) is 0 Å². The average molecular weight is 366 g/mol. The Balaban J connectivity index is 1.66. The van der Waals surface area contributed by atoms with Crippen LogP contribution in [0, 0.1) is 6.92 Å². The molecule has 0 saturated carbocycles. The number of benzene rings is 1. The molecule has 1 atom stereocenters. The zero-order chi connectivity index (χ0) is 18.6. The van der Waals surface area contributed by atoms with Crippen molar-refractivity contribution in [3.8, 4) is 0 Å². The fourth-order valence-electron chi connectivity index (χ4n) is 3.68. The van der Waals surface area contributed by atoms with E-state index >= 15 is 0 Å². The van der Waals surface area contributed by atoms with Crippen molar-refractivity contribution in [2.45, 2.75) is 26.4 Å². The molecule has 3 heterocycles. The summed E-state index contributed by atoms with van der Waals surface area (Å²) in [6, 6.07) is 12.6. The van der Waals surface area contributed by atoms with E-state index in [1.807, 2.05) is 16.8 Å². The molecular weight excluding hydrogens is 340 g/mol. The molecule has 1 fully saturated rings. The Labute approximate surface area is 159 Å². The van der Waals surface area contributed by atoms with E-state index in [-0.39, 0.29) is 6.04 Å². The molecule has 4 rings (SSSR count). The van der Waals surface area contributed by atoms with Gasteiger partial charge in [-0.1, -0.05) is 36.8 Å². The Bertz CT molecular complexity index is 834. The van der Waals surface area contributed by atoms with Crippen molar-refractivity contribution < 1.29 is 4.42 Å². The van der Waals surface area contributed by atoms with Crippen LogP contribution in [0.5, 0.6) is 0 Å². The molecule has 0 bridgehead atoms. The summed E-state index contributed by atoms with van der Waals surface area (Å²) in [6.45, 7) is 10.1. The minimum atomic E-state index is 0.0366. The molecule has 7 nitrogen and oxygen atoms in total. The van der Waals surface area contributed by atoms with Crippen LogP contribution in [0.4, 0.5) is 0 Å². The number of likely N-dealkylation sites (N-methyl/N-ethyl adjacent to an activating group) is 1. The topological polar surface area (TPSA) is 63.2 Å². The smallest absolute Gasteiger partial charge is 0.173 e. The number of rotatable bonds is 6. The molecule has 0 radical (unpaired) electrons. The van der Waals surface area contributed by atoms with Crippen molar-refractivity contribution in [3.63, 3.8) is 0 Å². The van der Waals surface area contributed by atoms with Crippen molar-refractivity contribution in [3.05, 3.63) is 65.4 Å². The number of aromatic nitrogens is 4. The van der Waals surface area contributed by atoms with Crippen LogP contribution in [0.25, 0.3) is 0 Å². The Morgan fingerprint density at radius 2 is 1.85 bits per heavy atom. The molecule has 0 unspecified atom stereocenters. The SMILES string of the molecule is CCN1CCN([C@H](c2ccc(C)cc2)c2nnnn2Cc2ccco2)CC1. The second kappa shape index (κ2) is 8.02. The van der Waals surface area contributed by atoms with Crippen LogP contribution < -0.4 is 0 Å². The number of nitrogens with zero attached hydrogens (tertiary/aromatic N) is 6. The van der Waals surface area contributed by atoms with Gasteiger partial charge in [-0.05, 0) is 41.6 Å². The maximum absolute atomic E-state index is 5.50. The Kier molecular flexibility index (Phi) is 5.31. The summed E-state index contributed by atoms with van der Waals surface area (Å²) in [7, 11) is 0. The summed E-state index contributed by atoms with van der Waals surface area (Å²) in [5, 5.41) is 12.6. The molecule has 1 aliphatic rings. The van der Waals surface area contributed by atoms with E-state index in [0.29, 0.717) is 6.54 Å². The summed E-state index contributed by atoms with van der Waals surface area (Å²) in [4.78, 5) is 4.97. The van der Waals surface area contributed by atoms with Crippen molar-refractivity contribution in [1.82, 2.24) is 30.0 Å². The highest BCUT2D eigenvalue weighted by Crippen LogP contribution is 2.28. The summed E-state index contributed by atoms with van der Waals surface area (Å²) in [5.41, 5.74) is 2.48. The quantitative estimate of drug-likeness (QED) is 0.667. The van der Waals surface area contributed by atoms with Gasteiger partial charge in [0.2, 0.25) is 0 Å². The maximum Gasteiger partial charge on any atom is 0.173 e. The number of aryl methyl sites for hydroxylation is 1.